The second-order valence-electron chi connectivity index (χ2n) is 5.42. The summed E-state index contributed by atoms with van der Waals surface area (Å²) in [7, 11) is 0. The standard InChI is InChI=1S/C14H24O2/c15-13(11-12-5-1-2-6-12)7-3-8-14-9-4-10-16-14/h12,14H,1-11H2. The highest BCUT2D eigenvalue weighted by Gasteiger charge is 2.19. The van der Waals surface area contributed by atoms with E-state index in [4.69, 9.17) is 4.74 Å². The van der Waals surface area contributed by atoms with E-state index in [1.165, 1.54) is 38.5 Å². The molecule has 0 aromatic rings. The molecule has 0 N–H and O–H groups in total. The van der Waals surface area contributed by atoms with Crippen LogP contribution in [0.5, 0.6) is 0 Å². The van der Waals surface area contributed by atoms with E-state index in [2.05, 4.69) is 0 Å². The van der Waals surface area contributed by atoms with Gasteiger partial charge in [-0.3, -0.25) is 4.79 Å². The molecule has 16 heavy (non-hydrogen) atoms. The number of hydrogen-bond acceptors (Lipinski definition) is 2. The smallest absolute Gasteiger partial charge is 0.133 e. The summed E-state index contributed by atoms with van der Waals surface area (Å²) < 4.78 is 5.56. The average Bonchev–Trinajstić information content (AvgIpc) is 2.90. The van der Waals surface area contributed by atoms with Crippen LogP contribution >= 0.6 is 0 Å². The van der Waals surface area contributed by atoms with Gasteiger partial charge in [0.15, 0.2) is 0 Å². The Morgan fingerprint density at radius 3 is 2.62 bits per heavy atom. The lowest BCUT2D eigenvalue weighted by atomic mass is 9.97. The molecule has 1 saturated heterocycles. The lowest BCUT2D eigenvalue weighted by Crippen LogP contribution is -2.08. The van der Waals surface area contributed by atoms with Gasteiger partial charge in [-0.2, -0.15) is 0 Å². The summed E-state index contributed by atoms with van der Waals surface area (Å²) in [5.74, 6) is 1.21. The van der Waals surface area contributed by atoms with Gasteiger partial charge in [-0.05, 0) is 31.6 Å². The van der Waals surface area contributed by atoms with E-state index in [9.17, 15) is 4.79 Å². The van der Waals surface area contributed by atoms with E-state index in [0.29, 0.717) is 11.9 Å². The predicted octanol–water partition coefficient (Wildman–Crippen LogP) is 3.49. The van der Waals surface area contributed by atoms with Gasteiger partial charge >= 0.3 is 0 Å². The maximum Gasteiger partial charge on any atom is 0.133 e. The van der Waals surface area contributed by atoms with Crippen molar-refractivity contribution in [2.45, 2.75) is 70.3 Å². The van der Waals surface area contributed by atoms with Gasteiger partial charge in [-0.15, -0.1) is 0 Å². The summed E-state index contributed by atoms with van der Waals surface area (Å²) in [4.78, 5) is 11.7. The molecule has 0 amide bonds. The Morgan fingerprint density at radius 1 is 1.12 bits per heavy atom. The van der Waals surface area contributed by atoms with Crippen LogP contribution in [0.3, 0.4) is 0 Å². The van der Waals surface area contributed by atoms with E-state index in [0.717, 1.165) is 38.2 Å². The van der Waals surface area contributed by atoms with Crippen molar-refractivity contribution in [3.63, 3.8) is 0 Å². The lowest BCUT2D eigenvalue weighted by Gasteiger charge is -2.10. The third kappa shape index (κ3) is 3.89. The fourth-order valence-corrected chi connectivity index (χ4v) is 3.04. The predicted molar refractivity (Wildman–Crippen MR) is 64.4 cm³/mol. The molecule has 0 aromatic heterocycles. The summed E-state index contributed by atoms with van der Waals surface area (Å²) in [5, 5.41) is 0. The summed E-state index contributed by atoms with van der Waals surface area (Å²) in [6, 6.07) is 0. The Labute approximate surface area is 98.7 Å². The molecular weight excluding hydrogens is 200 g/mol. The van der Waals surface area contributed by atoms with Crippen molar-refractivity contribution in [3.8, 4) is 0 Å². The van der Waals surface area contributed by atoms with Crippen LogP contribution in [0.4, 0.5) is 0 Å². The van der Waals surface area contributed by atoms with Crippen molar-refractivity contribution < 1.29 is 9.53 Å². The summed E-state index contributed by atoms with van der Waals surface area (Å²) in [6.07, 6.45) is 11.9. The quantitative estimate of drug-likeness (QED) is 0.690. The van der Waals surface area contributed by atoms with Gasteiger partial charge in [0.25, 0.3) is 0 Å². The van der Waals surface area contributed by atoms with Gasteiger partial charge in [0.2, 0.25) is 0 Å². The van der Waals surface area contributed by atoms with Crippen LogP contribution in [0.25, 0.3) is 0 Å². The van der Waals surface area contributed by atoms with Gasteiger partial charge in [0.05, 0.1) is 6.10 Å². The van der Waals surface area contributed by atoms with Gasteiger partial charge in [0.1, 0.15) is 5.78 Å². The number of Topliss-reactive ketones (excluding diaryl/α,β-unsaturated/α-hetero) is 1. The highest BCUT2D eigenvalue weighted by molar-refractivity contribution is 5.78. The Kier molecular flexibility index (Phi) is 4.83. The number of ketones is 1. The zero-order valence-corrected chi connectivity index (χ0v) is 10.2. The minimum atomic E-state index is 0.458. The molecule has 0 aromatic carbocycles. The molecule has 1 saturated carbocycles. The van der Waals surface area contributed by atoms with Crippen LogP contribution in [0, 0.1) is 5.92 Å². The highest BCUT2D eigenvalue weighted by atomic mass is 16.5. The fraction of sp³-hybridized carbons (Fsp3) is 0.929. The van der Waals surface area contributed by atoms with Crippen molar-refractivity contribution in [2.24, 2.45) is 5.92 Å². The zero-order chi connectivity index (χ0) is 11.2. The first kappa shape index (κ1) is 12.1. The maximum absolute atomic E-state index is 11.7. The van der Waals surface area contributed by atoms with Gasteiger partial charge in [0, 0.05) is 19.4 Å². The van der Waals surface area contributed by atoms with E-state index >= 15 is 0 Å². The largest absolute Gasteiger partial charge is 0.378 e. The molecule has 2 heteroatoms. The maximum atomic E-state index is 11.7. The lowest BCUT2D eigenvalue weighted by molar-refractivity contribution is -0.120. The number of carbonyl (C=O) groups is 1. The van der Waals surface area contributed by atoms with E-state index in [-0.39, 0.29) is 0 Å². The van der Waals surface area contributed by atoms with Crippen LogP contribution < -0.4 is 0 Å². The van der Waals surface area contributed by atoms with Crippen LogP contribution in [-0.4, -0.2) is 18.5 Å². The van der Waals surface area contributed by atoms with Gasteiger partial charge < -0.3 is 4.74 Å². The molecule has 0 radical (unpaired) electrons. The first-order chi connectivity index (χ1) is 7.84. The fourth-order valence-electron chi connectivity index (χ4n) is 3.04. The molecule has 0 spiro atoms. The van der Waals surface area contributed by atoms with Crippen molar-refractivity contribution >= 4 is 5.78 Å². The van der Waals surface area contributed by atoms with Crippen LogP contribution in [0.15, 0.2) is 0 Å². The molecule has 1 aliphatic heterocycles. The molecule has 2 fully saturated rings. The summed E-state index contributed by atoms with van der Waals surface area (Å²) in [6.45, 7) is 0.931. The van der Waals surface area contributed by atoms with Crippen LogP contribution in [0.1, 0.15) is 64.2 Å². The molecule has 1 atom stereocenters. The molecule has 0 bridgehead atoms. The second-order valence-corrected chi connectivity index (χ2v) is 5.42. The summed E-state index contributed by atoms with van der Waals surface area (Å²) >= 11 is 0. The highest BCUT2D eigenvalue weighted by Crippen LogP contribution is 2.28. The molecule has 2 nitrogen and oxygen atoms in total. The molecule has 1 heterocycles. The van der Waals surface area contributed by atoms with Crippen molar-refractivity contribution in [1.29, 1.82) is 0 Å². The Balaban J connectivity index is 1.52. The zero-order valence-electron chi connectivity index (χ0n) is 10.2. The number of hydrogen-bond donors (Lipinski definition) is 0. The minimum absolute atomic E-state index is 0.458. The van der Waals surface area contributed by atoms with Gasteiger partial charge in [-0.1, -0.05) is 25.7 Å². The number of ether oxygens (including phenoxy) is 1. The van der Waals surface area contributed by atoms with Crippen LogP contribution in [-0.2, 0) is 9.53 Å². The van der Waals surface area contributed by atoms with E-state index in [1.807, 2.05) is 0 Å². The number of rotatable bonds is 6. The molecule has 2 aliphatic rings. The van der Waals surface area contributed by atoms with Crippen molar-refractivity contribution in [2.75, 3.05) is 6.61 Å². The number of carbonyl (C=O) groups excluding carboxylic acids is 1. The minimum Gasteiger partial charge on any atom is -0.378 e. The van der Waals surface area contributed by atoms with Gasteiger partial charge in [-0.25, -0.2) is 0 Å². The van der Waals surface area contributed by atoms with Crippen LogP contribution in [0.2, 0.25) is 0 Å². The molecule has 92 valence electrons. The third-order valence-corrected chi connectivity index (χ3v) is 4.00. The Hall–Kier alpha value is -0.370. The van der Waals surface area contributed by atoms with Crippen molar-refractivity contribution in [1.82, 2.24) is 0 Å². The summed E-state index contributed by atoms with van der Waals surface area (Å²) in [5.41, 5.74) is 0. The molecule has 2 rings (SSSR count). The third-order valence-electron chi connectivity index (χ3n) is 4.00. The normalized spacial score (nSPS) is 26.4. The topological polar surface area (TPSA) is 26.3 Å². The first-order valence-electron chi connectivity index (χ1n) is 6.98. The van der Waals surface area contributed by atoms with E-state index in [1.54, 1.807) is 0 Å². The molecular formula is C14H24O2. The van der Waals surface area contributed by atoms with Crippen molar-refractivity contribution in [3.05, 3.63) is 0 Å². The Bertz CT molecular complexity index is 213. The average molecular weight is 224 g/mol. The molecule has 1 aliphatic carbocycles. The monoisotopic (exact) mass is 224 g/mol. The second kappa shape index (κ2) is 6.39. The molecule has 1 unspecified atom stereocenters. The van der Waals surface area contributed by atoms with E-state index < -0.39 is 0 Å². The Morgan fingerprint density at radius 2 is 1.94 bits per heavy atom. The first-order valence-corrected chi connectivity index (χ1v) is 6.98. The SMILES string of the molecule is O=C(CCCC1CCCO1)CC1CCCC1.